The molecule has 0 aliphatic carbocycles. The first-order valence-corrected chi connectivity index (χ1v) is 8.04. The maximum atomic E-state index is 11.4. The number of ether oxygens (including phenoxy) is 1. The fraction of sp³-hybridized carbons (Fsp3) is 0.444. The average molecular weight is 313 g/mol. The highest BCUT2D eigenvalue weighted by Gasteiger charge is 2.23. The van der Waals surface area contributed by atoms with Crippen LogP contribution in [0.4, 0.5) is 5.69 Å². The van der Waals surface area contributed by atoms with E-state index >= 15 is 0 Å². The summed E-state index contributed by atoms with van der Waals surface area (Å²) in [7, 11) is 1.67. The van der Waals surface area contributed by atoms with Gasteiger partial charge >= 0.3 is 0 Å². The van der Waals surface area contributed by atoms with Crippen molar-refractivity contribution < 1.29 is 9.53 Å². The van der Waals surface area contributed by atoms with E-state index in [1.807, 2.05) is 18.3 Å². The van der Waals surface area contributed by atoms with Gasteiger partial charge in [-0.25, -0.2) is 0 Å². The number of aryl methyl sites for hydroxylation is 1. The summed E-state index contributed by atoms with van der Waals surface area (Å²) in [5.41, 5.74) is 3.23. The van der Waals surface area contributed by atoms with Gasteiger partial charge in [0.2, 0.25) is 5.91 Å². The predicted octanol–water partition coefficient (Wildman–Crippen LogP) is 2.66. The van der Waals surface area contributed by atoms with Crippen LogP contribution in [0, 0.1) is 6.92 Å². The van der Waals surface area contributed by atoms with Crippen molar-refractivity contribution in [2.24, 2.45) is 0 Å². The molecule has 3 rings (SSSR count). The number of hydrogen-bond acceptors (Lipinski definition) is 4. The number of carbonyl (C=O) groups is 1. The summed E-state index contributed by atoms with van der Waals surface area (Å²) in [5, 5.41) is 4.16. The minimum atomic E-state index is 0.0369. The van der Waals surface area contributed by atoms with E-state index < -0.39 is 0 Å². The molecule has 1 aromatic carbocycles. The second kappa shape index (κ2) is 6.44. The first kappa shape index (κ1) is 15.6. The lowest BCUT2D eigenvalue weighted by Gasteiger charge is -2.36. The van der Waals surface area contributed by atoms with Crippen LogP contribution in [-0.4, -0.2) is 37.1 Å². The molecule has 2 aromatic rings. The molecule has 1 aliphatic rings. The number of methoxy groups -OCH3 is 1. The minimum Gasteiger partial charge on any atom is -0.494 e. The molecule has 0 spiro atoms. The van der Waals surface area contributed by atoms with Crippen molar-refractivity contribution in [1.29, 1.82) is 0 Å². The summed E-state index contributed by atoms with van der Waals surface area (Å²) in [6.07, 6.45) is 4.00. The summed E-state index contributed by atoms with van der Waals surface area (Å²) in [6, 6.07) is 6.23. The lowest BCUT2D eigenvalue weighted by Crippen LogP contribution is -2.47. The summed E-state index contributed by atoms with van der Waals surface area (Å²) in [6.45, 7) is 5.49. The molecule has 1 saturated heterocycles. The predicted molar refractivity (Wildman–Crippen MR) is 92.1 cm³/mol. The van der Waals surface area contributed by atoms with Gasteiger partial charge in [0.15, 0.2) is 0 Å². The van der Waals surface area contributed by atoms with Crippen molar-refractivity contribution in [3.8, 4) is 5.75 Å². The van der Waals surface area contributed by atoms with Crippen LogP contribution in [0.5, 0.6) is 5.75 Å². The SMILES string of the molecule is COc1cccc2c(N3CCCC(NC(C)=O)C3)c(C)cnc12. The number of rotatable bonds is 3. The Kier molecular flexibility index (Phi) is 4.37. The third-order valence-corrected chi connectivity index (χ3v) is 4.38. The summed E-state index contributed by atoms with van der Waals surface area (Å²) in [5.74, 6) is 0.828. The van der Waals surface area contributed by atoms with Crippen molar-refractivity contribution in [3.63, 3.8) is 0 Å². The van der Waals surface area contributed by atoms with Gasteiger partial charge < -0.3 is 15.0 Å². The number of benzene rings is 1. The molecule has 122 valence electrons. The molecule has 2 heterocycles. The zero-order valence-electron chi connectivity index (χ0n) is 13.9. The van der Waals surface area contributed by atoms with E-state index in [0.717, 1.165) is 48.1 Å². The normalized spacial score (nSPS) is 18.0. The third kappa shape index (κ3) is 3.09. The first-order valence-electron chi connectivity index (χ1n) is 8.04. The molecule has 1 unspecified atom stereocenters. The van der Waals surface area contributed by atoms with Crippen molar-refractivity contribution in [3.05, 3.63) is 30.0 Å². The molecular formula is C18H23N3O2. The Bertz CT molecular complexity index is 730. The Morgan fingerprint density at radius 2 is 2.26 bits per heavy atom. The van der Waals surface area contributed by atoms with E-state index in [1.165, 1.54) is 5.69 Å². The highest BCUT2D eigenvalue weighted by molar-refractivity contribution is 5.96. The van der Waals surface area contributed by atoms with Crippen LogP contribution in [0.2, 0.25) is 0 Å². The lowest BCUT2D eigenvalue weighted by atomic mass is 10.0. The number of nitrogens with one attached hydrogen (secondary N) is 1. The van der Waals surface area contributed by atoms with E-state index in [4.69, 9.17) is 4.74 Å². The van der Waals surface area contributed by atoms with E-state index in [9.17, 15) is 4.79 Å². The van der Waals surface area contributed by atoms with Crippen LogP contribution in [0.3, 0.4) is 0 Å². The molecule has 0 radical (unpaired) electrons. The summed E-state index contributed by atoms with van der Waals surface area (Å²) < 4.78 is 5.45. The number of para-hydroxylation sites is 1. The summed E-state index contributed by atoms with van der Waals surface area (Å²) >= 11 is 0. The monoisotopic (exact) mass is 313 g/mol. The van der Waals surface area contributed by atoms with Gasteiger partial charge in [0.1, 0.15) is 11.3 Å². The van der Waals surface area contributed by atoms with Gasteiger partial charge in [0, 0.05) is 37.6 Å². The topological polar surface area (TPSA) is 54.5 Å². The second-order valence-corrected chi connectivity index (χ2v) is 6.13. The zero-order valence-corrected chi connectivity index (χ0v) is 13.9. The highest BCUT2D eigenvalue weighted by atomic mass is 16.5. The highest BCUT2D eigenvalue weighted by Crippen LogP contribution is 2.34. The number of piperidine rings is 1. The van der Waals surface area contributed by atoms with E-state index in [2.05, 4.69) is 28.2 Å². The average Bonchev–Trinajstić information content (AvgIpc) is 2.53. The number of aromatic nitrogens is 1. The molecule has 0 saturated carbocycles. The zero-order chi connectivity index (χ0) is 16.4. The van der Waals surface area contributed by atoms with Gasteiger partial charge in [-0.05, 0) is 31.4 Å². The molecule has 1 aliphatic heterocycles. The van der Waals surface area contributed by atoms with E-state index in [1.54, 1.807) is 14.0 Å². The number of amides is 1. The van der Waals surface area contributed by atoms with Gasteiger partial charge in [0.05, 0.1) is 12.8 Å². The molecule has 0 bridgehead atoms. The number of nitrogens with zero attached hydrogens (tertiary/aromatic N) is 2. The van der Waals surface area contributed by atoms with Crippen molar-refractivity contribution >= 4 is 22.5 Å². The third-order valence-electron chi connectivity index (χ3n) is 4.38. The quantitative estimate of drug-likeness (QED) is 0.946. The van der Waals surface area contributed by atoms with Crippen molar-refractivity contribution in [2.75, 3.05) is 25.1 Å². The molecule has 1 N–H and O–H groups in total. The second-order valence-electron chi connectivity index (χ2n) is 6.13. The fourth-order valence-corrected chi connectivity index (χ4v) is 3.45. The largest absolute Gasteiger partial charge is 0.494 e. The minimum absolute atomic E-state index is 0.0369. The number of pyridine rings is 1. The maximum absolute atomic E-state index is 11.4. The molecule has 1 atom stereocenters. The van der Waals surface area contributed by atoms with Gasteiger partial charge in [0.25, 0.3) is 0 Å². The fourth-order valence-electron chi connectivity index (χ4n) is 3.45. The van der Waals surface area contributed by atoms with E-state index in [-0.39, 0.29) is 11.9 Å². The van der Waals surface area contributed by atoms with Crippen LogP contribution >= 0.6 is 0 Å². The number of fused-ring (bicyclic) bond motifs is 1. The van der Waals surface area contributed by atoms with Crippen LogP contribution in [-0.2, 0) is 4.79 Å². The van der Waals surface area contributed by atoms with Crippen molar-refractivity contribution in [2.45, 2.75) is 32.7 Å². The van der Waals surface area contributed by atoms with Crippen LogP contribution in [0.1, 0.15) is 25.3 Å². The molecule has 1 amide bonds. The van der Waals surface area contributed by atoms with E-state index in [0.29, 0.717) is 0 Å². The first-order chi connectivity index (χ1) is 11.1. The van der Waals surface area contributed by atoms with Crippen LogP contribution in [0.15, 0.2) is 24.4 Å². The van der Waals surface area contributed by atoms with Gasteiger partial charge in [-0.1, -0.05) is 12.1 Å². The molecule has 1 aromatic heterocycles. The molecule has 1 fully saturated rings. The standard InChI is InChI=1S/C18H23N3O2/c1-12-10-19-17-15(7-4-8-16(17)23-3)18(12)21-9-5-6-14(11-21)20-13(2)22/h4,7-8,10,14H,5-6,9,11H2,1-3H3,(H,20,22). The Hall–Kier alpha value is -2.30. The maximum Gasteiger partial charge on any atom is 0.217 e. The Morgan fingerprint density at radius 3 is 3.00 bits per heavy atom. The Balaban J connectivity index is 2.01. The number of carbonyl (C=O) groups excluding carboxylic acids is 1. The lowest BCUT2D eigenvalue weighted by molar-refractivity contribution is -0.119. The van der Waals surface area contributed by atoms with Crippen LogP contribution < -0.4 is 15.0 Å². The molecule has 5 nitrogen and oxygen atoms in total. The van der Waals surface area contributed by atoms with Gasteiger partial charge in [-0.2, -0.15) is 0 Å². The Morgan fingerprint density at radius 1 is 1.43 bits per heavy atom. The molecular weight excluding hydrogens is 290 g/mol. The van der Waals surface area contributed by atoms with Gasteiger partial charge in [-0.15, -0.1) is 0 Å². The Labute approximate surface area is 136 Å². The number of hydrogen-bond donors (Lipinski definition) is 1. The summed E-state index contributed by atoms with van der Waals surface area (Å²) in [4.78, 5) is 18.3. The smallest absolute Gasteiger partial charge is 0.217 e. The number of anilines is 1. The molecule has 23 heavy (non-hydrogen) atoms. The van der Waals surface area contributed by atoms with Crippen molar-refractivity contribution in [1.82, 2.24) is 10.3 Å². The van der Waals surface area contributed by atoms with Gasteiger partial charge in [-0.3, -0.25) is 9.78 Å². The molecule has 5 heteroatoms. The van der Waals surface area contributed by atoms with Crippen LogP contribution in [0.25, 0.3) is 10.9 Å².